The van der Waals surface area contributed by atoms with Crippen LogP contribution in [0.4, 0.5) is 11.4 Å². The third-order valence-electron chi connectivity index (χ3n) is 10.9. The summed E-state index contributed by atoms with van der Waals surface area (Å²) >= 11 is 2.57. The molecular formula is C43H46N5O5Se. The SMILES string of the molecule is COc1cccc(CN(C(=O)c2cc(-c3cc(N)ccc3C(=O)N3Cc4ccccc4C[C@H]3CN3CCOCC3)n(C)c2C)c2ccc(O[Se])cc2)c1C. The maximum absolute atomic E-state index is 14.9. The van der Waals surface area contributed by atoms with Crippen LogP contribution in [0, 0.1) is 13.8 Å². The number of nitrogens with zero attached hydrogens (tertiary/aromatic N) is 4. The topological polar surface area (TPSA) is 102 Å². The van der Waals surface area contributed by atoms with Gasteiger partial charge in [0.15, 0.2) is 0 Å². The molecule has 10 nitrogen and oxygen atoms in total. The summed E-state index contributed by atoms with van der Waals surface area (Å²) in [5.74, 6) is 1.16. The number of aromatic nitrogens is 1. The van der Waals surface area contributed by atoms with Crippen molar-refractivity contribution in [1.82, 2.24) is 14.4 Å². The van der Waals surface area contributed by atoms with Gasteiger partial charge in [-0.3, -0.25) is 9.69 Å². The van der Waals surface area contributed by atoms with E-state index >= 15 is 0 Å². The summed E-state index contributed by atoms with van der Waals surface area (Å²) in [6, 6.07) is 29.0. The summed E-state index contributed by atoms with van der Waals surface area (Å²) in [4.78, 5) is 35.9. The van der Waals surface area contributed by atoms with E-state index in [9.17, 15) is 9.59 Å². The van der Waals surface area contributed by atoms with Gasteiger partial charge in [0.1, 0.15) is 0 Å². The van der Waals surface area contributed by atoms with E-state index in [4.69, 9.17) is 19.0 Å². The van der Waals surface area contributed by atoms with E-state index in [-0.39, 0.29) is 17.9 Å². The quantitative estimate of drug-likeness (QED) is 0.135. The van der Waals surface area contributed by atoms with E-state index in [2.05, 4.69) is 39.4 Å². The number of amides is 2. The monoisotopic (exact) mass is 792 g/mol. The predicted octanol–water partition coefficient (Wildman–Crippen LogP) is 6.11. The number of carbonyl (C=O) groups excluding carboxylic acids is 2. The Balaban J connectivity index is 1.26. The van der Waals surface area contributed by atoms with Gasteiger partial charge in [0, 0.05) is 37.9 Å². The van der Waals surface area contributed by atoms with E-state index in [0.717, 1.165) is 59.9 Å². The molecule has 0 spiro atoms. The number of anilines is 2. The van der Waals surface area contributed by atoms with Gasteiger partial charge in [-0.1, -0.05) is 24.3 Å². The van der Waals surface area contributed by atoms with E-state index < -0.39 is 0 Å². The van der Waals surface area contributed by atoms with Crippen LogP contribution in [0.5, 0.6) is 11.5 Å². The van der Waals surface area contributed by atoms with Crippen LogP contribution >= 0.6 is 0 Å². The molecule has 1 fully saturated rings. The summed E-state index contributed by atoms with van der Waals surface area (Å²) < 4.78 is 18.5. The molecule has 0 bridgehead atoms. The summed E-state index contributed by atoms with van der Waals surface area (Å²) in [6.45, 7) is 8.60. The molecule has 1 aromatic heterocycles. The Kier molecular flexibility index (Phi) is 11.1. The fourth-order valence-electron chi connectivity index (χ4n) is 7.69. The molecule has 2 aliphatic heterocycles. The number of morpholine rings is 1. The molecular weight excluding hydrogens is 745 g/mol. The van der Waals surface area contributed by atoms with Crippen LogP contribution in [0.1, 0.15) is 48.7 Å². The van der Waals surface area contributed by atoms with Gasteiger partial charge in [-0.15, -0.1) is 0 Å². The van der Waals surface area contributed by atoms with Crippen molar-refractivity contribution in [2.75, 3.05) is 50.6 Å². The molecule has 2 amide bonds. The molecule has 7 rings (SSSR count). The number of hydrogen-bond acceptors (Lipinski definition) is 7. The summed E-state index contributed by atoms with van der Waals surface area (Å²) in [5, 5.41) is 0. The number of ether oxygens (including phenoxy) is 2. The molecule has 4 aromatic carbocycles. The first-order valence-corrected chi connectivity index (χ1v) is 18.9. The van der Waals surface area contributed by atoms with Crippen molar-refractivity contribution >= 4 is 39.5 Å². The third kappa shape index (κ3) is 7.50. The van der Waals surface area contributed by atoms with E-state index in [1.54, 1.807) is 18.1 Å². The zero-order valence-electron chi connectivity index (χ0n) is 31.2. The molecule has 2 N–H and O–H groups in total. The second-order valence-electron chi connectivity index (χ2n) is 14.1. The normalized spacial score (nSPS) is 15.8. The molecule has 1 radical (unpaired) electrons. The van der Waals surface area contributed by atoms with Crippen molar-refractivity contribution in [2.45, 2.75) is 39.4 Å². The number of hydrogen-bond donors (Lipinski definition) is 1. The molecule has 1 saturated heterocycles. The van der Waals surface area contributed by atoms with Gasteiger partial charge < -0.3 is 15.4 Å². The van der Waals surface area contributed by atoms with Gasteiger partial charge in [0.05, 0.1) is 13.2 Å². The van der Waals surface area contributed by atoms with Gasteiger partial charge >= 0.3 is 191 Å². The van der Waals surface area contributed by atoms with Crippen LogP contribution in [-0.2, 0) is 31.3 Å². The first-order chi connectivity index (χ1) is 26.2. The number of benzene rings is 4. The molecule has 3 heterocycles. The number of nitrogen functional groups attached to an aromatic ring is 1. The van der Waals surface area contributed by atoms with Crippen molar-refractivity contribution in [3.8, 4) is 22.8 Å². The number of nitrogens with two attached hydrogens (primary N) is 1. The predicted molar refractivity (Wildman–Crippen MR) is 212 cm³/mol. The van der Waals surface area contributed by atoms with Gasteiger partial charge in [-0.2, -0.15) is 0 Å². The van der Waals surface area contributed by atoms with Crippen LogP contribution in [0.2, 0.25) is 0 Å². The number of fused-ring (bicyclic) bond motifs is 1. The fraction of sp³-hybridized carbons (Fsp3) is 0.302. The number of rotatable bonds is 10. The van der Waals surface area contributed by atoms with Crippen LogP contribution in [0.15, 0.2) is 91.0 Å². The molecule has 1 atom stereocenters. The van der Waals surface area contributed by atoms with Crippen molar-refractivity contribution in [3.05, 3.63) is 130 Å². The average Bonchev–Trinajstić information content (AvgIpc) is 3.50. The second-order valence-corrected chi connectivity index (χ2v) is 14.4. The van der Waals surface area contributed by atoms with Crippen LogP contribution in [0.3, 0.4) is 0 Å². The number of carbonyl (C=O) groups is 2. The fourth-order valence-corrected chi connectivity index (χ4v) is 7.92. The first kappa shape index (κ1) is 37.3. The zero-order chi connectivity index (χ0) is 37.9. The second kappa shape index (κ2) is 16.1. The molecule has 11 heteroatoms. The van der Waals surface area contributed by atoms with Gasteiger partial charge in [-0.25, -0.2) is 0 Å². The standard InChI is InChI=1S/C43H46N5O5Se/c1-28-31(10-7-11-41(28)51-4)25-47(34-13-15-36(53-54)16-14-34)43(50)38-24-40(45(3)29(38)2)39-23-33(44)12-17-37(39)42(49)48-26-32-9-6-5-8-30(32)22-35(48)27-46-18-20-52-21-19-46/h5-17,23-24,35H,18-22,25-27,44H2,1-4H3/t35-/m0/s1. The summed E-state index contributed by atoms with van der Waals surface area (Å²) in [7, 11) is 3.58. The molecule has 0 aliphatic carbocycles. The summed E-state index contributed by atoms with van der Waals surface area (Å²) in [5.41, 5.74) is 15.3. The Bertz CT molecular complexity index is 2160. The molecule has 0 saturated carbocycles. The molecule has 0 unspecified atom stereocenters. The summed E-state index contributed by atoms with van der Waals surface area (Å²) in [6.07, 6.45) is 0.775. The van der Waals surface area contributed by atoms with Gasteiger partial charge in [-0.05, 0) is 29.7 Å². The minimum atomic E-state index is -0.178. The third-order valence-corrected chi connectivity index (χ3v) is 11.3. The average molecular weight is 792 g/mol. The Morgan fingerprint density at radius 1 is 0.926 bits per heavy atom. The first-order valence-electron chi connectivity index (χ1n) is 18.2. The van der Waals surface area contributed by atoms with E-state index in [1.807, 2.05) is 97.1 Å². The Labute approximate surface area is 325 Å². The minimum absolute atomic E-state index is 0.0146. The molecule has 2 aliphatic rings. The molecule has 54 heavy (non-hydrogen) atoms. The van der Waals surface area contributed by atoms with Crippen molar-refractivity contribution in [1.29, 1.82) is 0 Å². The van der Waals surface area contributed by atoms with E-state index in [0.29, 0.717) is 60.1 Å². The molecule has 279 valence electrons. The van der Waals surface area contributed by atoms with E-state index in [1.165, 1.54) is 5.56 Å². The zero-order valence-corrected chi connectivity index (χ0v) is 32.9. The van der Waals surface area contributed by atoms with Crippen molar-refractivity contribution in [2.24, 2.45) is 7.05 Å². The maximum atomic E-state index is 14.9. The Morgan fingerprint density at radius 2 is 1.67 bits per heavy atom. The Hall–Kier alpha value is -5.06. The van der Waals surface area contributed by atoms with Crippen molar-refractivity contribution < 1.29 is 22.9 Å². The van der Waals surface area contributed by atoms with Crippen LogP contribution in [0.25, 0.3) is 11.3 Å². The van der Waals surface area contributed by atoms with Gasteiger partial charge in [0.25, 0.3) is 5.91 Å². The number of methoxy groups -OCH3 is 1. The van der Waals surface area contributed by atoms with Gasteiger partial charge in [0.2, 0.25) is 0 Å². The van der Waals surface area contributed by atoms with Crippen molar-refractivity contribution in [3.63, 3.8) is 0 Å². The van der Waals surface area contributed by atoms with Crippen LogP contribution in [-0.4, -0.2) is 88.5 Å². The molecule has 5 aromatic rings. The van der Waals surface area contributed by atoms with Crippen LogP contribution < -0.4 is 19.2 Å². The Morgan fingerprint density at radius 3 is 2.39 bits per heavy atom.